The van der Waals surface area contributed by atoms with Gasteiger partial charge >= 0.3 is 0 Å². The number of aromatic nitrogens is 1. The average Bonchev–Trinajstić information content (AvgIpc) is 2.55. The van der Waals surface area contributed by atoms with Gasteiger partial charge in [-0.25, -0.2) is 4.98 Å². The highest BCUT2D eigenvalue weighted by molar-refractivity contribution is 5.91. The van der Waals surface area contributed by atoms with Gasteiger partial charge in [-0.3, -0.25) is 4.79 Å². The maximum Gasteiger partial charge on any atom is 0.228 e. The van der Waals surface area contributed by atoms with Crippen molar-refractivity contribution < 1.29 is 4.79 Å². The van der Waals surface area contributed by atoms with E-state index >= 15 is 0 Å². The van der Waals surface area contributed by atoms with Gasteiger partial charge in [0.05, 0.1) is 5.56 Å². The summed E-state index contributed by atoms with van der Waals surface area (Å²) in [4.78, 5) is 16.5. The van der Waals surface area contributed by atoms with Gasteiger partial charge in [0.2, 0.25) is 5.91 Å². The SMILES string of the molecule is N#Cc1ccc(NC(=O)C2CCC3CCCCC3C2)nc1. The van der Waals surface area contributed by atoms with Crippen LogP contribution in [0.25, 0.3) is 0 Å². The highest BCUT2D eigenvalue weighted by Crippen LogP contribution is 2.42. The van der Waals surface area contributed by atoms with Crippen molar-refractivity contribution in [2.24, 2.45) is 17.8 Å². The number of anilines is 1. The van der Waals surface area contributed by atoms with Crippen LogP contribution in [0.4, 0.5) is 5.82 Å². The minimum Gasteiger partial charge on any atom is -0.310 e. The lowest BCUT2D eigenvalue weighted by molar-refractivity contribution is -0.122. The Bertz CT molecular complexity index is 546. The summed E-state index contributed by atoms with van der Waals surface area (Å²) in [5.74, 6) is 2.37. The number of nitrogens with one attached hydrogen (secondary N) is 1. The van der Waals surface area contributed by atoms with E-state index in [-0.39, 0.29) is 11.8 Å². The monoisotopic (exact) mass is 283 g/mol. The van der Waals surface area contributed by atoms with Crippen molar-refractivity contribution in [2.75, 3.05) is 5.32 Å². The second-order valence-electron chi connectivity index (χ2n) is 6.35. The molecule has 1 aromatic heterocycles. The molecular weight excluding hydrogens is 262 g/mol. The fraction of sp³-hybridized carbons (Fsp3) is 0.588. The van der Waals surface area contributed by atoms with Crippen LogP contribution in [0.1, 0.15) is 50.5 Å². The predicted octanol–water partition coefficient (Wildman–Crippen LogP) is 3.50. The average molecular weight is 283 g/mol. The van der Waals surface area contributed by atoms with Crippen LogP contribution >= 0.6 is 0 Å². The molecule has 2 aliphatic carbocycles. The molecule has 3 unspecified atom stereocenters. The largest absolute Gasteiger partial charge is 0.310 e. The first-order valence-electron chi connectivity index (χ1n) is 7.93. The number of nitrogens with zero attached hydrogens (tertiary/aromatic N) is 2. The van der Waals surface area contributed by atoms with E-state index in [1.807, 2.05) is 6.07 Å². The molecule has 1 amide bonds. The third-order valence-electron chi connectivity index (χ3n) is 5.05. The fourth-order valence-electron chi connectivity index (χ4n) is 3.87. The van der Waals surface area contributed by atoms with Gasteiger partial charge in [-0.05, 0) is 43.2 Å². The summed E-state index contributed by atoms with van der Waals surface area (Å²) in [6.07, 6.45) is 10.1. The Morgan fingerprint density at radius 2 is 2.00 bits per heavy atom. The Labute approximate surface area is 125 Å². The molecule has 0 aromatic carbocycles. The lowest BCUT2D eigenvalue weighted by Crippen LogP contribution is -2.34. The summed E-state index contributed by atoms with van der Waals surface area (Å²) in [6, 6.07) is 5.41. The molecule has 0 aliphatic heterocycles. The molecule has 4 heteroatoms. The summed E-state index contributed by atoms with van der Waals surface area (Å²) in [7, 11) is 0. The molecule has 1 N–H and O–H groups in total. The number of carbonyl (C=O) groups excluding carboxylic acids is 1. The molecule has 4 nitrogen and oxygen atoms in total. The summed E-state index contributed by atoms with van der Waals surface area (Å²) < 4.78 is 0. The molecule has 0 spiro atoms. The van der Waals surface area contributed by atoms with Gasteiger partial charge in [-0.2, -0.15) is 5.26 Å². The quantitative estimate of drug-likeness (QED) is 0.903. The van der Waals surface area contributed by atoms with Crippen molar-refractivity contribution in [3.63, 3.8) is 0 Å². The van der Waals surface area contributed by atoms with E-state index in [2.05, 4.69) is 10.3 Å². The summed E-state index contributed by atoms with van der Waals surface area (Å²) in [5, 5.41) is 11.6. The first-order chi connectivity index (χ1) is 10.3. The first-order valence-corrected chi connectivity index (χ1v) is 7.93. The molecule has 2 aliphatic rings. The first kappa shape index (κ1) is 14.1. The van der Waals surface area contributed by atoms with Crippen molar-refractivity contribution >= 4 is 11.7 Å². The van der Waals surface area contributed by atoms with Crippen LogP contribution in [0.3, 0.4) is 0 Å². The van der Waals surface area contributed by atoms with Gasteiger partial charge < -0.3 is 5.32 Å². The number of carbonyl (C=O) groups is 1. The number of fused-ring (bicyclic) bond motifs is 1. The van der Waals surface area contributed by atoms with Crippen LogP contribution in [0.2, 0.25) is 0 Å². The lowest BCUT2D eigenvalue weighted by atomic mass is 9.67. The molecule has 0 radical (unpaired) electrons. The van der Waals surface area contributed by atoms with E-state index < -0.39 is 0 Å². The lowest BCUT2D eigenvalue weighted by Gasteiger charge is -2.38. The van der Waals surface area contributed by atoms with E-state index in [0.29, 0.717) is 11.4 Å². The molecule has 3 rings (SSSR count). The smallest absolute Gasteiger partial charge is 0.228 e. The Balaban J connectivity index is 1.59. The molecule has 110 valence electrons. The molecule has 0 saturated heterocycles. The van der Waals surface area contributed by atoms with E-state index in [4.69, 9.17) is 5.26 Å². The molecule has 1 aromatic rings. The highest BCUT2D eigenvalue weighted by atomic mass is 16.1. The summed E-state index contributed by atoms with van der Waals surface area (Å²) in [5.41, 5.74) is 0.510. The Kier molecular flexibility index (Phi) is 4.19. The molecule has 2 saturated carbocycles. The van der Waals surface area contributed by atoms with E-state index in [0.717, 1.165) is 24.7 Å². The highest BCUT2D eigenvalue weighted by Gasteiger charge is 2.35. The number of hydrogen-bond donors (Lipinski definition) is 1. The maximum atomic E-state index is 12.4. The third-order valence-corrected chi connectivity index (χ3v) is 5.05. The summed E-state index contributed by atoms with van der Waals surface area (Å²) in [6.45, 7) is 0. The van der Waals surface area contributed by atoms with Crippen LogP contribution in [-0.2, 0) is 4.79 Å². The van der Waals surface area contributed by atoms with Crippen LogP contribution in [0, 0.1) is 29.1 Å². The van der Waals surface area contributed by atoms with Crippen LogP contribution in [0.5, 0.6) is 0 Å². The minimum atomic E-state index is 0.0937. The topological polar surface area (TPSA) is 65.8 Å². The van der Waals surface area contributed by atoms with Crippen molar-refractivity contribution in [2.45, 2.75) is 44.9 Å². The maximum absolute atomic E-state index is 12.4. The van der Waals surface area contributed by atoms with Crippen molar-refractivity contribution in [3.05, 3.63) is 23.9 Å². The number of hydrogen-bond acceptors (Lipinski definition) is 3. The second-order valence-corrected chi connectivity index (χ2v) is 6.35. The van der Waals surface area contributed by atoms with Crippen LogP contribution < -0.4 is 5.32 Å². The Hall–Kier alpha value is -1.89. The number of rotatable bonds is 2. The van der Waals surface area contributed by atoms with E-state index in [9.17, 15) is 4.79 Å². The van der Waals surface area contributed by atoms with Crippen molar-refractivity contribution in [1.29, 1.82) is 5.26 Å². The van der Waals surface area contributed by atoms with Crippen LogP contribution in [0.15, 0.2) is 18.3 Å². The zero-order valence-electron chi connectivity index (χ0n) is 12.2. The molecule has 1 heterocycles. The Morgan fingerprint density at radius 3 is 2.71 bits per heavy atom. The zero-order chi connectivity index (χ0) is 14.7. The summed E-state index contributed by atoms with van der Waals surface area (Å²) >= 11 is 0. The standard InChI is InChI=1S/C17H21N3O/c18-10-12-5-8-16(19-11-12)20-17(21)15-7-6-13-3-1-2-4-14(13)9-15/h5,8,11,13-15H,1-4,6-7,9H2,(H,19,20,21). The van der Waals surface area contributed by atoms with Gasteiger partial charge in [0.1, 0.15) is 11.9 Å². The third kappa shape index (κ3) is 3.24. The number of amides is 1. The normalized spacial score (nSPS) is 28.2. The molecule has 3 atom stereocenters. The van der Waals surface area contributed by atoms with E-state index in [1.54, 1.807) is 12.1 Å². The molecule has 2 fully saturated rings. The van der Waals surface area contributed by atoms with Gasteiger partial charge in [-0.1, -0.05) is 25.7 Å². The molecule has 0 bridgehead atoms. The van der Waals surface area contributed by atoms with Gasteiger partial charge in [-0.15, -0.1) is 0 Å². The second kappa shape index (κ2) is 6.26. The van der Waals surface area contributed by atoms with Crippen molar-refractivity contribution in [1.82, 2.24) is 4.98 Å². The Morgan fingerprint density at radius 1 is 1.19 bits per heavy atom. The number of nitriles is 1. The van der Waals surface area contributed by atoms with Gasteiger partial charge in [0.25, 0.3) is 0 Å². The predicted molar refractivity (Wildman–Crippen MR) is 80.4 cm³/mol. The van der Waals surface area contributed by atoms with Gasteiger partial charge in [0, 0.05) is 12.1 Å². The van der Waals surface area contributed by atoms with Crippen molar-refractivity contribution in [3.8, 4) is 6.07 Å². The minimum absolute atomic E-state index is 0.0937. The van der Waals surface area contributed by atoms with Crippen LogP contribution in [-0.4, -0.2) is 10.9 Å². The van der Waals surface area contributed by atoms with E-state index in [1.165, 1.54) is 38.3 Å². The number of pyridine rings is 1. The molecule has 21 heavy (non-hydrogen) atoms. The molecular formula is C17H21N3O. The zero-order valence-corrected chi connectivity index (χ0v) is 12.2. The fourth-order valence-corrected chi connectivity index (χ4v) is 3.87. The van der Waals surface area contributed by atoms with Gasteiger partial charge in [0.15, 0.2) is 0 Å².